The lowest BCUT2D eigenvalue weighted by Gasteiger charge is -2.03. The van der Waals surface area contributed by atoms with E-state index in [4.69, 9.17) is 0 Å². The number of carbonyl (C=O) groups is 1. The summed E-state index contributed by atoms with van der Waals surface area (Å²) in [4.78, 5) is 14.7. The molecule has 0 radical (unpaired) electrons. The van der Waals surface area contributed by atoms with Crippen LogP contribution in [0.3, 0.4) is 0 Å². The topological polar surface area (TPSA) is 30.0 Å². The van der Waals surface area contributed by atoms with Gasteiger partial charge in [0.2, 0.25) is 0 Å². The highest BCUT2D eigenvalue weighted by Gasteiger charge is 2.01. The third-order valence-electron chi connectivity index (χ3n) is 1.92. The summed E-state index contributed by atoms with van der Waals surface area (Å²) >= 11 is 1.76. The highest BCUT2D eigenvalue weighted by Crippen LogP contribution is 2.20. The minimum absolute atomic E-state index is 0.655. The Morgan fingerprint density at radius 3 is 2.93 bits per heavy atom. The molecule has 0 fully saturated rings. The third-order valence-corrected chi connectivity index (χ3v) is 3.12. The van der Waals surface area contributed by atoms with Crippen LogP contribution in [0.5, 0.6) is 0 Å². The minimum Gasteiger partial charge on any atom is -0.298 e. The zero-order valence-electron chi connectivity index (χ0n) is 8.62. The predicted octanol–water partition coefficient (Wildman–Crippen LogP) is 3.09. The summed E-state index contributed by atoms with van der Waals surface area (Å²) in [5, 5.41) is 1.05. The van der Waals surface area contributed by atoms with Crippen molar-refractivity contribution in [3.63, 3.8) is 0 Å². The number of hydrogen-bond donors (Lipinski definition) is 0. The fourth-order valence-corrected chi connectivity index (χ4v) is 2.15. The summed E-state index contributed by atoms with van der Waals surface area (Å²) in [6.07, 6.45) is 4.88. The number of unbranched alkanes of at least 4 members (excludes halogenated alkanes) is 1. The van der Waals surface area contributed by atoms with Crippen molar-refractivity contribution >= 4 is 18.0 Å². The molecule has 0 spiro atoms. The van der Waals surface area contributed by atoms with Crippen molar-refractivity contribution in [2.24, 2.45) is 0 Å². The molecule has 0 bridgehead atoms. The molecule has 0 saturated heterocycles. The molecule has 76 valence electrons. The molecule has 0 unspecified atom stereocenters. The highest BCUT2D eigenvalue weighted by atomic mass is 32.2. The molecule has 1 aromatic rings. The van der Waals surface area contributed by atoms with Crippen molar-refractivity contribution in [2.45, 2.75) is 31.7 Å². The van der Waals surface area contributed by atoms with Crippen LogP contribution in [0, 0.1) is 6.92 Å². The Morgan fingerprint density at radius 1 is 1.57 bits per heavy atom. The summed E-state index contributed by atoms with van der Waals surface area (Å²) in [6, 6.07) is 1.88. The summed E-state index contributed by atoms with van der Waals surface area (Å²) in [5.74, 6) is 1.10. The van der Waals surface area contributed by atoms with Gasteiger partial charge in [0.15, 0.2) is 6.29 Å². The van der Waals surface area contributed by atoms with Gasteiger partial charge in [0.05, 0.1) is 5.03 Å². The maximum Gasteiger partial charge on any atom is 0.151 e. The van der Waals surface area contributed by atoms with Crippen LogP contribution >= 0.6 is 11.8 Å². The second-order valence-corrected chi connectivity index (χ2v) is 4.29. The van der Waals surface area contributed by atoms with E-state index in [1.54, 1.807) is 18.0 Å². The van der Waals surface area contributed by atoms with Crippen LogP contribution in [0.2, 0.25) is 0 Å². The lowest BCUT2D eigenvalue weighted by atomic mass is 10.2. The Bertz CT molecular complexity index is 312. The molecular formula is C11H15NOS. The molecule has 0 aromatic carbocycles. The van der Waals surface area contributed by atoms with E-state index in [-0.39, 0.29) is 0 Å². The maximum absolute atomic E-state index is 10.5. The molecule has 1 heterocycles. The molecular weight excluding hydrogens is 194 g/mol. The fraction of sp³-hybridized carbons (Fsp3) is 0.455. The van der Waals surface area contributed by atoms with Gasteiger partial charge in [-0.05, 0) is 30.7 Å². The second-order valence-electron chi connectivity index (χ2n) is 3.21. The molecule has 1 rings (SSSR count). The molecule has 3 heteroatoms. The SMILES string of the molecule is CCCCSc1ncc(C=O)cc1C. The van der Waals surface area contributed by atoms with Gasteiger partial charge >= 0.3 is 0 Å². The van der Waals surface area contributed by atoms with Crippen molar-refractivity contribution in [2.75, 3.05) is 5.75 Å². The molecule has 0 aliphatic heterocycles. The Morgan fingerprint density at radius 2 is 2.36 bits per heavy atom. The quantitative estimate of drug-likeness (QED) is 0.424. The fourth-order valence-electron chi connectivity index (χ4n) is 1.11. The number of thioether (sulfide) groups is 1. The van der Waals surface area contributed by atoms with Crippen molar-refractivity contribution in [1.82, 2.24) is 4.98 Å². The smallest absolute Gasteiger partial charge is 0.151 e. The van der Waals surface area contributed by atoms with Gasteiger partial charge in [-0.15, -0.1) is 11.8 Å². The van der Waals surface area contributed by atoms with Gasteiger partial charge in [0.1, 0.15) is 0 Å². The van der Waals surface area contributed by atoms with E-state index in [1.165, 1.54) is 12.8 Å². The first-order valence-corrected chi connectivity index (χ1v) is 5.81. The normalized spacial score (nSPS) is 10.1. The molecule has 2 nitrogen and oxygen atoms in total. The van der Waals surface area contributed by atoms with E-state index < -0.39 is 0 Å². The first kappa shape index (κ1) is 11.2. The average molecular weight is 209 g/mol. The zero-order chi connectivity index (χ0) is 10.4. The van der Waals surface area contributed by atoms with E-state index in [1.807, 2.05) is 13.0 Å². The summed E-state index contributed by atoms with van der Waals surface area (Å²) in [5.41, 5.74) is 1.75. The van der Waals surface area contributed by atoms with Crippen LogP contribution in [0.4, 0.5) is 0 Å². The van der Waals surface area contributed by atoms with E-state index in [0.717, 1.165) is 22.6 Å². The Balaban J connectivity index is 2.64. The first-order chi connectivity index (χ1) is 6.77. The summed E-state index contributed by atoms with van der Waals surface area (Å²) < 4.78 is 0. The van der Waals surface area contributed by atoms with Gasteiger partial charge in [-0.1, -0.05) is 13.3 Å². The maximum atomic E-state index is 10.5. The number of carbonyl (C=O) groups excluding carboxylic acids is 1. The van der Waals surface area contributed by atoms with Crippen molar-refractivity contribution in [1.29, 1.82) is 0 Å². The van der Waals surface area contributed by atoms with Gasteiger partial charge in [0, 0.05) is 11.8 Å². The lowest BCUT2D eigenvalue weighted by molar-refractivity contribution is 0.112. The molecule has 0 N–H and O–H groups in total. The number of pyridine rings is 1. The number of hydrogen-bond acceptors (Lipinski definition) is 3. The van der Waals surface area contributed by atoms with Crippen LogP contribution < -0.4 is 0 Å². The summed E-state index contributed by atoms with van der Waals surface area (Å²) in [6.45, 7) is 4.17. The van der Waals surface area contributed by atoms with E-state index in [9.17, 15) is 4.79 Å². The number of aldehydes is 1. The standard InChI is InChI=1S/C11H15NOS/c1-3-4-5-14-11-9(2)6-10(8-13)7-12-11/h6-8H,3-5H2,1-2H3. The van der Waals surface area contributed by atoms with Crippen LogP contribution in [0.1, 0.15) is 35.7 Å². The summed E-state index contributed by atoms with van der Waals surface area (Å²) in [7, 11) is 0. The minimum atomic E-state index is 0.655. The van der Waals surface area contributed by atoms with Gasteiger partial charge in [-0.2, -0.15) is 0 Å². The van der Waals surface area contributed by atoms with Crippen LogP contribution in [-0.2, 0) is 0 Å². The Kier molecular flexibility index (Phi) is 4.66. The number of aryl methyl sites for hydroxylation is 1. The number of nitrogens with zero attached hydrogens (tertiary/aromatic N) is 1. The van der Waals surface area contributed by atoms with Crippen LogP contribution in [-0.4, -0.2) is 17.0 Å². The number of aromatic nitrogens is 1. The van der Waals surface area contributed by atoms with Crippen molar-refractivity contribution in [3.8, 4) is 0 Å². The van der Waals surface area contributed by atoms with Crippen LogP contribution in [0.15, 0.2) is 17.3 Å². The molecule has 0 amide bonds. The Labute approximate surface area is 89.1 Å². The van der Waals surface area contributed by atoms with Crippen LogP contribution in [0.25, 0.3) is 0 Å². The molecule has 1 aromatic heterocycles. The Hall–Kier alpha value is -0.830. The monoisotopic (exact) mass is 209 g/mol. The second kappa shape index (κ2) is 5.81. The molecule has 0 aliphatic rings. The molecule has 0 aliphatic carbocycles. The number of rotatable bonds is 5. The van der Waals surface area contributed by atoms with Crippen molar-refractivity contribution in [3.05, 3.63) is 23.4 Å². The molecule has 14 heavy (non-hydrogen) atoms. The largest absolute Gasteiger partial charge is 0.298 e. The average Bonchev–Trinajstić information content (AvgIpc) is 2.20. The van der Waals surface area contributed by atoms with E-state index >= 15 is 0 Å². The molecule has 0 saturated carbocycles. The highest BCUT2D eigenvalue weighted by molar-refractivity contribution is 7.99. The lowest BCUT2D eigenvalue weighted by Crippen LogP contribution is -1.90. The van der Waals surface area contributed by atoms with Crippen molar-refractivity contribution < 1.29 is 4.79 Å². The molecule has 0 atom stereocenters. The van der Waals surface area contributed by atoms with E-state index in [0.29, 0.717) is 5.56 Å². The van der Waals surface area contributed by atoms with E-state index in [2.05, 4.69) is 11.9 Å². The van der Waals surface area contributed by atoms with Gasteiger partial charge in [-0.3, -0.25) is 4.79 Å². The third kappa shape index (κ3) is 3.14. The van der Waals surface area contributed by atoms with Gasteiger partial charge in [0.25, 0.3) is 0 Å². The first-order valence-electron chi connectivity index (χ1n) is 4.82. The van der Waals surface area contributed by atoms with Gasteiger partial charge in [-0.25, -0.2) is 4.98 Å². The van der Waals surface area contributed by atoms with Gasteiger partial charge < -0.3 is 0 Å². The zero-order valence-corrected chi connectivity index (χ0v) is 9.43. The predicted molar refractivity (Wildman–Crippen MR) is 60.0 cm³/mol.